The molecule has 22 heavy (non-hydrogen) atoms. The van der Waals surface area contributed by atoms with Crippen molar-refractivity contribution in [3.63, 3.8) is 0 Å². The Labute approximate surface area is 132 Å². The predicted octanol–water partition coefficient (Wildman–Crippen LogP) is 2.61. The second-order valence-corrected chi connectivity index (χ2v) is 5.85. The molecule has 0 aliphatic carbocycles. The number of amides is 1. The van der Waals surface area contributed by atoms with E-state index in [0.29, 0.717) is 12.2 Å². The van der Waals surface area contributed by atoms with E-state index in [2.05, 4.69) is 11.1 Å². The number of aryl methyl sites for hydroxylation is 1. The van der Waals surface area contributed by atoms with Crippen molar-refractivity contribution in [2.45, 2.75) is 18.4 Å². The van der Waals surface area contributed by atoms with E-state index in [-0.39, 0.29) is 5.96 Å². The number of carbonyl (C=O) groups excluding carboxylic acids is 1. The van der Waals surface area contributed by atoms with Crippen molar-refractivity contribution in [1.82, 2.24) is 0 Å². The van der Waals surface area contributed by atoms with Crippen LogP contribution < -0.4 is 11.5 Å². The predicted molar refractivity (Wildman–Crippen MR) is 87.4 cm³/mol. The van der Waals surface area contributed by atoms with Crippen LogP contribution in [0.15, 0.2) is 46.3 Å². The molecule has 0 saturated carbocycles. The number of guanidine groups is 1. The molecule has 6 heteroatoms. The van der Waals surface area contributed by atoms with Crippen molar-refractivity contribution in [1.29, 1.82) is 0 Å². The second kappa shape index (κ2) is 5.82. The molecule has 0 radical (unpaired) electrons. The molecule has 1 heterocycles. The summed E-state index contributed by atoms with van der Waals surface area (Å²) in [7, 11) is 0. The zero-order valence-electron chi connectivity index (χ0n) is 12.0. The van der Waals surface area contributed by atoms with Crippen molar-refractivity contribution in [2.24, 2.45) is 16.5 Å². The highest BCUT2D eigenvalue weighted by atomic mass is 32.2. The molecule has 0 unspecified atom stereocenters. The van der Waals surface area contributed by atoms with E-state index in [9.17, 15) is 4.79 Å². The Morgan fingerprint density at radius 3 is 2.77 bits per heavy atom. The number of fused-ring (bicyclic) bond motifs is 3. The SMILES string of the molecule is Cc1cc2c(cc1C(=O)N=C(N)N)SOCc1ccccc1-2. The van der Waals surface area contributed by atoms with E-state index in [1.807, 2.05) is 31.2 Å². The Hall–Kier alpha value is -2.31. The fourth-order valence-electron chi connectivity index (χ4n) is 2.44. The molecule has 4 N–H and O–H groups in total. The van der Waals surface area contributed by atoms with Crippen LogP contribution in [0, 0.1) is 6.92 Å². The smallest absolute Gasteiger partial charge is 0.280 e. The monoisotopic (exact) mass is 313 g/mol. The lowest BCUT2D eigenvalue weighted by Gasteiger charge is -2.11. The molecule has 0 atom stereocenters. The van der Waals surface area contributed by atoms with E-state index >= 15 is 0 Å². The first kappa shape index (κ1) is 14.6. The molecular formula is C16H15N3O2S. The third-order valence-corrected chi connectivity index (χ3v) is 4.21. The molecule has 112 valence electrons. The Morgan fingerprint density at radius 1 is 1.23 bits per heavy atom. The lowest BCUT2D eigenvalue weighted by Crippen LogP contribution is -2.24. The normalized spacial score (nSPS) is 12.8. The summed E-state index contributed by atoms with van der Waals surface area (Å²) in [5, 5.41) is 0. The van der Waals surface area contributed by atoms with Crippen molar-refractivity contribution in [3.05, 3.63) is 53.1 Å². The number of nitrogens with two attached hydrogens (primary N) is 2. The van der Waals surface area contributed by atoms with E-state index in [1.165, 1.54) is 12.0 Å². The van der Waals surface area contributed by atoms with Crippen molar-refractivity contribution < 1.29 is 8.98 Å². The zero-order chi connectivity index (χ0) is 15.7. The van der Waals surface area contributed by atoms with Crippen molar-refractivity contribution in [3.8, 4) is 11.1 Å². The molecule has 0 fully saturated rings. The standard InChI is InChI=1S/C16H15N3O2S/c1-9-6-13-11-5-3-2-4-10(11)8-21-22-14(13)7-12(9)15(20)19-16(17)18/h2-7H,8H2,1H3,(H4,17,18,19,20). The van der Waals surface area contributed by atoms with Gasteiger partial charge in [0, 0.05) is 22.5 Å². The zero-order valence-corrected chi connectivity index (χ0v) is 12.8. The first-order valence-corrected chi connectivity index (χ1v) is 7.47. The average Bonchev–Trinajstić information content (AvgIpc) is 2.65. The third-order valence-electron chi connectivity index (χ3n) is 3.46. The van der Waals surface area contributed by atoms with Gasteiger partial charge in [-0.3, -0.25) is 4.79 Å². The van der Waals surface area contributed by atoms with Gasteiger partial charge in [-0.05, 0) is 41.3 Å². The number of hydrogen-bond acceptors (Lipinski definition) is 3. The van der Waals surface area contributed by atoms with E-state index < -0.39 is 5.91 Å². The lowest BCUT2D eigenvalue weighted by atomic mass is 9.96. The second-order valence-electron chi connectivity index (χ2n) is 5.01. The average molecular weight is 313 g/mol. The summed E-state index contributed by atoms with van der Waals surface area (Å²) in [6.07, 6.45) is 0. The highest BCUT2D eigenvalue weighted by molar-refractivity contribution is 7.94. The molecule has 0 aromatic heterocycles. The first-order chi connectivity index (χ1) is 10.6. The molecule has 1 aliphatic rings. The summed E-state index contributed by atoms with van der Waals surface area (Å²) in [6, 6.07) is 11.8. The summed E-state index contributed by atoms with van der Waals surface area (Å²) in [6.45, 7) is 2.39. The van der Waals surface area contributed by atoms with Gasteiger partial charge < -0.3 is 15.7 Å². The van der Waals surface area contributed by atoms with Crippen LogP contribution in [-0.2, 0) is 10.8 Å². The van der Waals surface area contributed by atoms with Crippen molar-refractivity contribution in [2.75, 3.05) is 0 Å². The van der Waals surface area contributed by atoms with Crippen LogP contribution in [0.5, 0.6) is 0 Å². The van der Waals surface area contributed by atoms with Gasteiger partial charge in [0.15, 0.2) is 5.96 Å². The van der Waals surface area contributed by atoms with Crippen LogP contribution >= 0.6 is 12.0 Å². The van der Waals surface area contributed by atoms with Crippen LogP contribution in [0.1, 0.15) is 21.5 Å². The van der Waals surface area contributed by atoms with Crippen LogP contribution in [0.25, 0.3) is 11.1 Å². The molecule has 5 nitrogen and oxygen atoms in total. The molecule has 0 spiro atoms. The highest BCUT2D eigenvalue weighted by Crippen LogP contribution is 2.39. The summed E-state index contributed by atoms with van der Waals surface area (Å²) in [5.41, 5.74) is 15.2. The Morgan fingerprint density at radius 2 is 2.00 bits per heavy atom. The molecule has 0 saturated heterocycles. The maximum atomic E-state index is 12.1. The molecule has 2 aromatic carbocycles. The van der Waals surface area contributed by atoms with E-state index in [4.69, 9.17) is 15.7 Å². The Balaban J connectivity index is 2.15. The minimum absolute atomic E-state index is 0.242. The maximum Gasteiger partial charge on any atom is 0.280 e. The van der Waals surface area contributed by atoms with Gasteiger partial charge in [0.2, 0.25) is 0 Å². The number of carbonyl (C=O) groups is 1. The molecule has 3 rings (SSSR count). The highest BCUT2D eigenvalue weighted by Gasteiger charge is 2.19. The van der Waals surface area contributed by atoms with Crippen LogP contribution in [-0.4, -0.2) is 11.9 Å². The number of nitrogens with zero attached hydrogens (tertiary/aromatic N) is 1. The van der Waals surface area contributed by atoms with Gasteiger partial charge in [-0.15, -0.1) is 0 Å². The van der Waals surface area contributed by atoms with Gasteiger partial charge in [-0.2, -0.15) is 4.99 Å². The number of hydrogen-bond donors (Lipinski definition) is 2. The van der Waals surface area contributed by atoms with Gasteiger partial charge in [0.25, 0.3) is 5.91 Å². The third kappa shape index (κ3) is 2.70. The van der Waals surface area contributed by atoms with Gasteiger partial charge in [0.05, 0.1) is 6.61 Å². The number of rotatable bonds is 1. The minimum atomic E-state index is -0.446. The number of benzene rings is 2. The number of aliphatic imine (C=N–C) groups is 1. The maximum absolute atomic E-state index is 12.1. The summed E-state index contributed by atoms with van der Waals surface area (Å²) >= 11 is 1.26. The van der Waals surface area contributed by atoms with Gasteiger partial charge in [-0.1, -0.05) is 24.3 Å². The molecular weight excluding hydrogens is 298 g/mol. The van der Waals surface area contributed by atoms with Crippen LogP contribution in [0.4, 0.5) is 0 Å². The quantitative estimate of drug-likeness (QED) is 0.480. The summed E-state index contributed by atoms with van der Waals surface area (Å²) < 4.78 is 5.62. The summed E-state index contributed by atoms with van der Waals surface area (Å²) in [4.78, 5) is 16.6. The van der Waals surface area contributed by atoms with Crippen LogP contribution in [0.2, 0.25) is 0 Å². The Bertz CT molecular complexity index is 783. The van der Waals surface area contributed by atoms with Crippen LogP contribution in [0.3, 0.4) is 0 Å². The molecule has 1 aliphatic heterocycles. The lowest BCUT2D eigenvalue weighted by molar-refractivity contribution is 0.100. The van der Waals surface area contributed by atoms with E-state index in [1.54, 1.807) is 6.07 Å². The van der Waals surface area contributed by atoms with Gasteiger partial charge >= 0.3 is 0 Å². The molecule has 2 aromatic rings. The topological polar surface area (TPSA) is 90.7 Å². The first-order valence-electron chi connectivity index (χ1n) is 6.72. The minimum Gasteiger partial charge on any atom is -0.370 e. The fourth-order valence-corrected chi connectivity index (χ4v) is 3.18. The largest absolute Gasteiger partial charge is 0.370 e. The van der Waals surface area contributed by atoms with Gasteiger partial charge in [0.1, 0.15) is 0 Å². The molecule has 1 amide bonds. The van der Waals surface area contributed by atoms with Crippen molar-refractivity contribution >= 4 is 23.9 Å². The van der Waals surface area contributed by atoms with E-state index in [0.717, 1.165) is 27.1 Å². The van der Waals surface area contributed by atoms with Gasteiger partial charge in [-0.25, -0.2) is 0 Å². The Kier molecular flexibility index (Phi) is 3.87. The fraction of sp³-hybridized carbons (Fsp3) is 0.125. The molecule has 0 bridgehead atoms. The summed E-state index contributed by atoms with van der Waals surface area (Å²) in [5.74, 6) is -0.688.